The molecule has 0 radical (unpaired) electrons. The van der Waals surface area contributed by atoms with E-state index in [9.17, 15) is 36.5 Å². The van der Waals surface area contributed by atoms with Gasteiger partial charge in [0, 0.05) is 6.07 Å². The number of nitro groups is 1. The van der Waals surface area contributed by atoms with E-state index in [0.29, 0.717) is 6.07 Å². The molecule has 116 valence electrons. The number of alkyl halides is 3. The third-order valence-electron chi connectivity index (χ3n) is 2.07. The van der Waals surface area contributed by atoms with Crippen LogP contribution in [0.4, 0.5) is 18.9 Å². The van der Waals surface area contributed by atoms with Crippen molar-refractivity contribution in [2.24, 2.45) is 0 Å². The molecule has 0 unspecified atom stereocenters. The van der Waals surface area contributed by atoms with Gasteiger partial charge in [0.1, 0.15) is 5.56 Å². The lowest BCUT2D eigenvalue weighted by Gasteiger charge is -2.11. The van der Waals surface area contributed by atoms with E-state index in [1.165, 1.54) is 0 Å². The summed E-state index contributed by atoms with van der Waals surface area (Å²) in [6, 6.07) is 2.45. The van der Waals surface area contributed by atoms with E-state index in [1.807, 2.05) is 0 Å². The Hall–Kier alpha value is -2.37. The van der Waals surface area contributed by atoms with Crippen molar-refractivity contribution in [2.45, 2.75) is 5.51 Å². The summed E-state index contributed by atoms with van der Waals surface area (Å²) in [5.74, 6) is -2.67. The second-order valence-corrected chi connectivity index (χ2v) is 4.92. The summed E-state index contributed by atoms with van der Waals surface area (Å²) < 4.78 is 66.6. The zero-order valence-corrected chi connectivity index (χ0v) is 10.9. The Morgan fingerprint density at radius 3 is 2.33 bits per heavy atom. The Bertz CT molecular complexity index is 683. The first kappa shape index (κ1) is 16.7. The summed E-state index contributed by atoms with van der Waals surface area (Å²) in [5.41, 5.74) is -7.78. The standard InChI is InChI=1S/C9H6F3NO7S/c1-19-8(14)5-3-2-4-6(13(15)16)7(5)20-21(17,18)9(10,11)12/h2-4H,1H3. The lowest BCUT2D eigenvalue weighted by molar-refractivity contribution is -0.385. The van der Waals surface area contributed by atoms with E-state index in [4.69, 9.17) is 0 Å². The second kappa shape index (κ2) is 5.55. The van der Waals surface area contributed by atoms with Crippen molar-refractivity contribution in [1.29, 1.82) is 0 Å². The highest BCUT2D eigenvalue weighted by molar-refractivity contribution is 7.88. The van der Waals surface area contributed by atoms with Crippen molar-refractivity contribution in [3.63, 3.8) is 0 Å². The van der Waals surface area contributed by atoms with E-state index in [-0.39, 0.29) is 0 Å². The summed E-state index contributed by atoms with van der Waals surface area (Å²) in [4.78, 5) is 20.9. The van der Waals surface area contributed by atoms with Crippen LogP contribution in [0.3, 0.4) is 0 Å². The molecular weight excluding hydrogens is 323 g/mol. The molecule has 0 amide bonds. The molecule has 0 aliphatic carbocycles. The number of benzene rings is 1. The molecule has 8 nitrogen and oxygen atoms in total. The van der Waals surface area contributed by atoms with E-state index in [1.54, 1.807) is 0 Å². The van der Waals surface area contributed by atoms with Crippen LogP contribution in [0, 0.1) is 10.1 Å². The molecule has 21 heavy (non-hydrogen) atoms. The first-order chi connectivity index (χ1) is 9.51. The summed E-state index contributed by atoms with van der Waals surface area (Å²) >= 11 is 0. The minimum Gasteiger partial charge on any atom is -0.465 e. The van der Waals surface area contributed by atoms with Crippen LogP contribution >= 0.6 is 0 Å². The number of ether oxygens (including phenoxy) is 1. The Morgan fingerprint density at radius 1 is 1.33 bits per heavy atom. The number of nitrogens with zero attached hydrogens (tertiary/aromatic N) is 1. The van der Waals surface area contributed by atoms with Crippen LogP contribution in [0.1, 0.15) is 10.4 Å². The van der Waals surface area contributed by atoms with Gasteiger partial charge in [-0.2, -0.15) is 21.6 Å². The number of hydrogen-bond acceptors (Lipinski definition) is 7. The molecular formula is C9H6F3NO7S. The Kier molecular flexibility index (Phi) is 4.41. The van der Waals surface area contributed by atoms with Gasteiger partial charge in [0.05, 0.1) is 12.0 Å². The number of esters is 1. The van der Waals surface area contributed by atoms with Crippen molar-refractivity contribution in [3.05, 3.63) is 33.9 Å². The lowest BCUT2D eigenvalue weighted by atomic mass is 10.2. The second-order valence-electron chi connectivity index (χ2n) is 3.39. The zero-order chi connectivity index (χ0) is 16.4. The quantitative estimate of drug-likeness (QED) is 0.271. The number of methoxy groups -OCH3 is 1. The minimum atomic E-state index is -6.18. The fourth-order valence-corrected chi connectivity index (χ4v) is 1.67. The van der Waals surface area contributed by atoms with Gasteiger partial charge in [-0.05, 0) is 6.07 Å². The lowest BCUT2D eigenvalue weighted by Crippen LogP contribution is -2.29. The number of carbonyl (C=O) groups is 1. The normalized spacial score (nSPS) is 11.8. The third kappa shape index (κ3) is 3.39. The maximum atomic E-state index is 12.3. The molecule has 0 spiro atoms. The average Bonchev–Trinajstić information content (AvgIpc) is 2.36. The van der Waals surface area contributed by atoms with Gasteiger partial charge in [0.25, 0.3) is 0 Å². The first-order valence-electron chi connectivity index (χ1n) is 4.87. The van der Waals surface area contributed by atoms with Crippen molar-refractivity contribution in [1.82, 2.24) is 0 Å². The number of rotatable bonds is 4. The van der Waals surface area contributed by atoms with E-state index >= 15 is 0 Å². The molecule has 0 saturated heterocycles. The summed E-state index contributed by atoms with van der Waals surface area (Å²) in [6.45, 7) is 0. The molecule has 1 rings (SSSR count). The van der Waals surface area contributed by atoms with Gasteiger partial charge in [0.15, 0.2) is 0 Å². The predicted octanol–water partition coefficient (Wildman–Crippen LogP) is 1.61. The zero-order valence-electron chi connectivity index (χ0n) is 10.1. The van der Waals surface area contributed by atoms with E-state index < -0.39 is 43.5 Å². The number of nitro benzene ring substituents is 1. The van der Waals surface area contributed by atoms with E-state index in [0.717, 1.165) is 19.2 Å². The minimum absolute atomic E-state index is 0.674. The summed E-state index contributed by atoms with van der Waals surface area (Å²) in [6.07, 6.45) is 0. The summed E-state index contributed by atoms with van der Waals surface area (Å²) in [5, 5.41) is 10.7. The molecule has 0 saturated carbocycles. The van der Waals surface area contributed by atoms with Crippen LogP contribution in [0.2, 0.25) is 0 Å². The van der Waals surface area contributed by atoms with Crippen molar-refractivity contribution in [2.75, 3.05) is 7.11 Å². The van der Waals surface area contributed by atoms with Gasteiger partial charge in [-0.25, -0.2) is 4.79 Å². The van der Waals surface area contributed by atoms with Crippen molar-refractivity contribution < 1.29 is 40.2 Å². The van der Waals surface area contributed by atoms with E-state index in [2.05, 4.69) is 8.92 Å². The van der Waals surface area contributed by atoms with Gasteiger partial charge in [-0.15, -0.1) is 0 Å². The molecule has 0 aliphatic rings. The predicted molar refractivity (Wildman–Crippen MR) is 60.0 cm³/mol. The highest BCUT2D eigenvalue weighted by Crippen LogP contribution is 2.35. The molecule has 0 N–H and O–H groups in total. The van der Waals surface area contributed by atoms with Crippen LogP contribution < -0.4 is 4.18 Å². The maximum absolute atomic E-state index is 12.3. The SMILES string of the molecule is COC(=O)c1cccc([N+](=O)[O-])c1OS(=O)(=O)C(F)(F)F. The highest BCUT2D eigenvalue weighted by atomic mass is 32.2. The maximum Gasteiger partial charge on any atom is 0.534 e. The third-order valence-corrected chi connectivity index (χ3v) is 3.03. The van der Waals surface area contributed by atoms with Crippen molar-refractivity contribution in [3.8, 4) is 5.75 Å². The molecule has 0 heterocycles. The average molecular weight is 329 g/mol. The molecule has 1 aromatic rings. The van der Waals surface area contributed by atoms with Gasteiger partial charge in [0.2, 0.25) is 5.75 Å². The van der Waals surface area contributed by atoms with Crippen LogP contribution in [0.15, 0.2) is 18.2 Å². The van der Waals surface area contributed by atoms with Crippen LogP contribution in [-0.2, 0) is 14.9 Å². The van der Waals surface area contributed by atoms with Gasteiger partial charge in [-0.1, -0.05) is 6.07 Å². The molecule has 0 aliphatic heterocycles. The van der Waals surface area contributed by atoms with Crippen LogP contribution in [-0.4, -0.2) is 31.9 Å². The number of carbonyl (C=O) groups excluding carboxylic acids is 1. The molecule has 1 aromatic carbocycles. The van der Waals surface area contributed by atoms with Crippen LogP contribution in [0.5, 0.6) is 5.75 Å². The number of hydrogen-bond donors (Lipinski definition) is 0. The molecule has 0 atom stereocenters. The molecule has 0 fully saturated rings. The fourth-order valence-electron chi connectivity index (χ4n) is 1.18. The smallest absolute Gasteiger partial charge is 0.465 e. The van der Waals surface area contributed by atoms with Gasteiger partial charge in [-0.3, -0.25) is 10.1 Å². The molecule has 0 aromatic heterocycles. The summed E-state index contributed by atoms with van der Waals surface area (Å²) in [7, 11) is -5.33. The van der Waals surface area contributed by atoms with Gasteiger partial charge < -0.3 is 8.92 Å². The first-order valence-corrected chi connectivity index (χ1v) is 6.28. The number of para-hydroxylation sites is 1. The molecule has 12 heteroatoms. The highest BCUT2D eigenvalue weighted by Gasteiger charge is 2.50. The van der Waals surface area contributed by atoms with Crippen LogP contribution in [0.25, 0.3) is 0 Å². The Morgan fingerprint density at radius 2 is 1.90 bits per heavy atom. The Labute approximate surface area is 115 Å². The Balaban J connectivity index is 3.52. The largest absolute Gasteiger partial charge is 0.534 e. The fraction of sp³-hybridized carbons (Fsp3) is 0.222. The van der Waals surface area contributed by atoms with Gasteiger partial charge >= 0.3 is 27.3 Å². The van der Waals surface area contributed by atoms with Crippen molar-refractivity contribution >= 4 is 21.8 Å². The molecule has 0 bridgehead atoms. The number of halogens is 3. The monoisotopic (exact) mass is 329 g/mol. The topological polar surface area (TPSA) is 113 Å².